The van der Waals surface area contributed by atoms with Gasteiger partial charge >= 0.3 is 6.61 Å². The zero-order chi connectivity index (χ0) is 16.7. The van der Waals surface area contributed by atoms with Gasteiger partial charge in [0, 0.05) is 19.8 Å². The predicted molar refractivity (Wildman–Crippen MR) is 80.1 cm³/mol. The van der Waals surface area contributed by atoms with Gasteiger partial charge in [0.2, 0.25) is 0 Å². The summed E-state index contributed by atoms with van der Waals surface area (Å²) in [5.41, 5.74) is 0.0172. The number of methoxy groups -OCH3 is 1. The zero-order valence-corrected chi connectivity index (χ0v) is 13.0. The van der Waals surface area contributed by atoms with Gasteiger partial charge in [-0.2, -0.15) is 8.78 Å². The molecule has 0 atom stereocenters. The highest BCUT2D eigenvalue weighted by atomic mass is 19.3. The van der Waals surface area contributed by atoms with Crippen LogP contribution in [0, 0.1) is 5.92 Å². The number of carbonyl (C=O) groups is 1. The van der Waals surface area contributed by atoms with Crippen LogP contribution in [0.25, 0.3) is 0 Å². The van der Waals surface area contributed by atoms with Crippen LogP contribution in [-0.4, -0.2) is 39.4 Å². The van der Waals surface area contributed by atoms with Crippen molar-refractivity contribution in [3.63, 3.8) is 0 Å². The molecule has 1 saturated carbocycles. The van der Waals surface area contributed by atoms with Crippen molar-refractivity contribution in [1.82, 2.24) is 5.32 Å². The molecule has 23 heavy (non-hydrogen) atoms. The standard InChI is InChI=1S/C16H21F2NO4/c1-21-13-5-2-4-12(14(13)23-16(17)18)15(20)19-8-3-9-22-10-11-6-7-11/h2,4-5,11,16H,3,6-10H2,1H3,(H,19,20). The summed E-state index contributed by atoms with van der Waals surface area (Å²) in [6.45, 7) is -1.30. The number of para-hydroxylation sites is 1. The topological polar surface area (TPSA) is 56.8 Å². The van der Waals surface area contributed by atoms with Gasteiger partial charge in [-0.05, 0) is 37.3 Å². The lowest BCUT2D eigenvalue weighted by atomic mass is 10.1. The second-order valence-electron chi connectivity index (χ2n) is 5.34. The van der Waals surface area contributed by atoms with Crippen molar-refractivity contribution in [1.29, 1.82) is 0 Å². The first-order chi connectivity index (χ1) is 11.1. The average Bonchev–Trinajstić information content (AvgIpc) is 3.34. The van der Waals surface area contributed by atoms with E-state index in [0.717, 1.165) is 6.61 Å². The minimum atomic E-state index is -3.03. The molecule has 0 aromatic heterocycles. The number of ether oxygens (including phenoxy) is 3. The van der Waals surface area contributed by atoms with E-state index in [9.17, 15) is 13.6 Å². The number of rotatable bonds is 10. The van der Waals surface area contributed by atoms with Gasteiger partial charge in [-0.1, -0.05) is 6.07 Å². The highest BCUT2D eigenvalue weighted by Crippen LogP contribution is 2.32. The maximum absolute atomic E-state index is 12.5. The van der Waals surface area contributed by atoms with Crippen LogP contribution in [-0.2, 0) is 4.74 Å². The number of benzene rings is 1. The molecule has 1 fully saturated rings. The van der Waals surface area contributed by atoms with Gasteiger partial charge in [0.25, 0.3) is 5.91 Å². The lowest BCUT2D eigenvalue weighted by molar-refractivity contribution is -0.0515. The van der Waals surface area contributed by atoms with Crippen LogP contribution in [0.2, 0.25) is 0 Å². The molecule has 1 aliphatic rings. The van der Waals surface area contributed by atoms with E-state index in [1.54, 1.807) is 6.07 Å². The van der Waals surface area contributed by atoms with E-state index in [1.807, 2.05) is 0 Å². The summed E-state index contributed by atoms with van der Waals surface area (Å²) in [5, 5.41) is 2.67. The minimum Gasteiger partial charge on any atom is -0.493 e. The number of amides is 1. The Bertz CT molecular complexity index is 521. The van der Waals surface area contributed by atoms with E-state index in [4.69, 9.17) is 9.47 Å². The Balaban J connectivity index is 1.84. The lowest BCUT2D eigenvalue weighted by Crippen LogP contribution is -2.26. The van der Waals surface area contributed by atoms with Crippen molar-refractivity contribution < 1.29 is 27.8 Å². The quantitative estimate of drug-likeness (QED) is 0.671. The maximum Gasteiger partial charge on any atom is 0.387 e. The molecular weight excluding hydrogens is 308 g/mol. The Kier molecular flexibility index (Phi) is 6.58. The normalized spacial score (nSPS) is 13.9. The van der Waals surface area contributed by atoms with E-state index >= 15 is 0 Å². The molecule has 2 rings (SSSR count). The van der Waals surface area contributed by atoms with Crippen LogP contribution in [0.15, 0.2) is 18.2 Å². The first-order valence-electron chi connectivity index (χ1n) is 7.59. The Hall–Kier alpha value is -1.89. The molecule has 1 N–H and O–H groups in total. The molecule has 128 valence electrons. The third-order valence-electron chi connectivity index (χ3n) is 3.45. The fraction of sp³-hybridized carbons (Fsp3) is 0.562. The third kappa shape index (κ3) is 5.67. The first-order valence-corrected chi connectivity index (χ1v) is 7.59. The number of halogens is 2. The summed E-state index contributed by atoms with van der Waals surface area (Å²) in [6, 6.07) is 4.42. The number of hydrogen-bond donors (Lipinski definition) is 1. The molecule has 0 saturated heterocycles. The Morgan fingerprint density at radius 3 is 2.83 bits per heavy atom. The fourth-order valence-electron chi connectivity index (χ4n) is 2.07. The van der Waals surface area contributed by atoms with Crippen LogP contribution in [0.1, 0.15) is 29.6 Å². The molecule has 1 aliphatic carbocycles. The van der Waals surface area contributed by atoms with Gasteiger partial charge in [-0.25, -0.2) is 0 Å². The molecule has 0 heterocycles. The highest BCUT2D eigenvalue weighted by Gasteiger charge is 2.21. The molecule has 5 nitrogen and oxygen atoms in total. The molecule has 1 aromatic rings. The lowest BCUT2D eigenvalue weighted by Gasteiger charge is -2.14. The SMILES string of the molecule is COc1cccc(C(=O)NCCCOCC2CC2)c1OC(F)F. The van der Waals surface area contributed by atoms with E-state index in [0.29, 0.717) is 25.5 Å². The van der Waals surface area contributed by atoms with Gasteiger partial charge in [0.05, 0.1) is 12.7 Å². The smallest absolute Gasteiger partial charge is 0.387 e. The second kappa shape index (κ2) is 8.67. The Labute approximate surface area is 133 Å². The Morgan fingerprint density at radius 2 is 2.17 bits per heavy atom. The van der Waals surface area contributed by atoms with Crippen LogP contribution in [0.5, 0.6) is 11.5 Å². The molecular formula is C16H21F2NO4. The minimum absolute atomic E-state index is 0.0172. The Morgan fingerprint density at radius 1 is 1.39 bits per heavy atom. The molecule has 1 amide bonds. The van der Waals surface area contributed by atoms with E-state index in [2.05, 4.69) is 10.1 Å². The van der Waals surface area contributed by atoms with E-state index in [1.165, 1.54) is 32.1 Å². The van der Waals surface area contributed by atoms with Gasteiger partial charge in [-0.15, -0.1) is 0 Å². The van der Waals surface area contributed by atoms with Crippen molar-refractivity contribution in [2.75, 3.05) is 26.9 Å². The molecule has 0 bridgehead atoms. The van der Waals surface area contributed by atoms with Gasteiger partial charge in [-0.3, -0.25) is 4.79 Å². The zero-order valence-electron chi connectivity index (χ0n) is 13.0. The summed E-state index contributed by atoms with van der Waals surface area (Å²) >= 11 is 0. The summed E-state index contributed by atoms with van der Waals surface area (Å²) in [5.74, 6) is 0.0513. The molecule has 7 heteroatoms. The highest BCUT2D eigenvalue weighted by molar-refractivity contribution is 5.97. The fourth-order valence-corrected chi connectivity index (χ4v) is 2.07. The molecule has 0 spiro atoms. The molecule has 0 aliphatic heterocycles. The van der Waals surface area contributed by atoms with Gasteiger partial charge in [0.15, 0.2) is 11.5 Å². The summed E-state index contributed by atoms with van der Waals surface area (Å²) in [6.07, 6.45) is 3.13. The van der Waals surface area contributed by atoms with Crippen LogP contribution >= 0.6 is 0 Å². The number of alkyl halides is 2. The van der Waals surface area contributed by atoms with Crippen molar-refractivity contribution in [2.45, 2.75) is 25.9 Å². The van der Waals surface area contributed by atoms with Crippen molar-refractivity contribution in [3.05, 3.63) is 23.8 Å². The molecule has 1 aromatic carbocycles. The predicted octanol–water partition coefficient (Wildman–Crippen LogP) is 2.84. The van der Waals surface area contributed by atoms with Crippen molar-refractivity contribution in [3.8, 4) is 11.5 Å². The first kappa shape index (κ1) is 17.5. The average molecular weight is 329 g/mol. The van der Waals surface area contributed by atoms with Crippen molar-refractivity contribution in [2.24, 2.45) is 5.92 Å². The van der Waals surface area contributed by atoms with Crippen LogP contribution in [0.3, 0.4) is 0 Å². The molecule has 0 unspecified atom stereocenters. The van der Waals surface area contributed by atoms with Crippen molar-refractivity contribution >= 4 is 5.91 Å². The number of carbonyl (C=O) groups excluding carboxylic acids is 1. The van der Waals surface area contributed by atoms with Gasteiger partial charge in [0.1, 0.15) is 0 Å². The third-order valence-corrected chi connectivity index (χ3v) is 3.45. The number of nitrogens with one attached hydrogen (secondary N) is 1. The summed E-state index contributed by atoms with van der Waals surface area (Å²) in [7, 11) is 1.33. The maximum atomic E-state index is 12.5. The monoisotopic (exact) mass is 329 g/mol. The van der Waals surface area contributed by atoms with E-state index < -0.39 is 12.5 Å². The second-order valence-corrected chi connectivity index (χ2v) is 5.34. The van der Waals surface area contributed by atoms with E-state index in [-0.39, 0.29) is 17.1 Å². The largest absolute Gasteiger partial charge is 0.493 e. The summed E-state index contributed by atoms with van der Waals surface area (Å²) in [4.78, 5) is 12.1. The summed E-state index contributed by atoms with van der Waals surface area (Å²) < 4.78 is 39.9. The number of hydrogen-bond acceptors (Lipinski definition) is 4. The van der Waals surface area contributed by atoms with Gasteiger partial charge < -0.3 is 19.5 Å². The van der Waals surface area contributed by atoms with Crippen LogP contribution in [0.4, 0.5) is 8.78 Å². The molecule has 0 radical (unpaired) electrons. The van der Waals surface area contributed by atoms with Crippen LogP contribution < -0.4 is 14.8 Å².